The van der Waals surface area contributed by atoms with Gasteiger partial charge in [0.1, 0.15) is 0 Å². The fraction of sp³-hybridized carbons (Fsp3) is 0.250. The maximum absolute atomic E-state index is 10.2. The molecule has 11 heavy (non-hydrogen) atoms. The predicted molar refractivity (Wildman–Crippen MR) is 41.8 cm³/mol. The SMILES string of the molecule is [C-]#[N+]C=CCC=C(C)C(=O)O. The van der Waals surface area contributed by atoms with Gasteiger partial charge in [0, 0.05) is 5.57 Å². The molecule has 0 heterocycles. The third kappa shape index (κ3) is 4.91. The minimum Gasteiger partial charge on any atom is -0.478 e. The number of nitrogens with zero attached hydrogens (tertiary/aromatic N) is 1. The van der Waals surface area contributed by atoms with Crippen molar-refractivity contribution in [1.82, 2.24) is 0 Å². The van der Waals surface area contributed by atoms with E-state index >= 15 is 0 Å². The minimum absolute atomic E-state index is 0.305. The molecule has 0 aliphatic rings. The van der Waals surface area contributed by atoms with E-state index in [-0.39, 0.29) is 0 Å². The van der Waals surface area contributed by atoms with Crippen LogP contribution in [0.1, 0.15) is 13.3 Å². The summed E-state index contributed by atoms with van der Waals surface area (Å²) in [4.78, 5) is 13.2. The monoisotopic (exact) mass is 151 g/mol. The van der Waals surface area contributed by atoms with Gasteiger partial charge in [-0.2, -0.15) is 0 Å². The van der Waals surface area contributed by atoms with E-state index in [1.54, 1.807) is 12.2 Å². The number of carbonyl (C=O) groups is 1. The molecule has 0 aliphatic heterocycles. The molecule has 0 aromatic heterocycles. The summed E-state index contributed by atoms with van der Waals surface area (Å²) >= 11 is 0. The first kappa shape index (κ1) is 9.44. The van der Waals surface area contributed by atoms with E-state index in [0.717, 1.165) is 0 Å². The molecule has 1 N–H and O–H groups in total. The van der Waals surface area contributed by atoms with Gasteiger partial charge in [0.15, 0.2) is 6.20 Å². The van der Waals surface area contributed by atoms with E-state index in [2.05, 4.69) is 4.85 Å². The summed E-state index contributed by atoms with van der Waals surface area (Å²) in [5.41, 5.74) is 0.305. The number of rotatable bonds is 3. The Kier molecular flexibility index (Phi) is 4.50. The second-order valence-electron chi connectivity index (χ2n) is 1.94. The van der Waals surface area contributed by atoms with E-state index in [1.807, 2.05) is 0 Å². The fourth-order valence-corrected chi connectivity index (χ4v) is 0.446. The molecule has 0 rings (SSSR count). The molecule has 0 aromatic carbocycles. The second-order valence-corrected chi connectivity index (χ2v) is 1.94. The minimum atomic E-state index is -0.916. The molecule has 0 bridgehead atoms. The first-order valence-corrected chi connectivity index (χ1v) is 3.10. The summed E-state index contributed by atoms with van der Waals surface area (Å²) < 4.78 is 0. The van der Waals surface area contributed by atoms with Crippen LogP contribution in [-0.2, 0) is 4.79 Å². The molecule has 0 saturated heterocycles. The van der Waals surface area contributed by atoms with Crippen LogP contribution in [-0.4, -0.2) is 11.1 Å². The topological polar surface area (TPSA) is 41.7 Å². The molecule has 0 aliphatic carbocycles. The molecule has 3 heteroatoms. The van der Waals surface area contributed by atoms with Crippen molar-refractivity contribution in [2.24, 2.45) is 0 Å². The Morgan fingerprint density at radius 1 is 1.73 bits per heavy atom. The summed E-state index contributed by atoms with van der Waals surface area (Å²) in [5.74, 6) is -0.916. The standard InChI is InChI=1S/C8H9NO2/c1-7(8(10)11)5-3-4-6-9-2/h4-6H,3H2,1H3,(H,10,11). The zero-order chi connectivity index (χ0) is 8.69. The van der Waals surface area contributed by atoms with Crippen LogP contribution in [0.5, 0.6) is 0 Å². The van der Waals surface area contributed by atoms with E-state index < -0.39 is 5.97 Å². The lowest BCUT2D eigenvalue weighted by Gasteiger charge is -1.88. The zero-order valence-electron chi connectivity index (χ0n) is 6.24. The molecule has 0 radical (unpaired) electrons. The first-order valence-electron chi connectivity index (χ1n) is 3.10. The highest BCUT2D eigenvalue weighted by molar-refractivity contribution is 5.85. The molecule has 0 amide bonds. The average molecular weight is 151 g/mol. The maximum atomic E-state index is 10.2. The van der Waals surface area contributed by atoms with Gasteiger partial charge in [0.25, 0.3) is 0 Å². The van der Waals surface area contributed by atoms with E-state index in [9.17, 15) is 4.79 Å². The summed E-state index contributed by atoms with van der Waals surface area (Å²) in [6, 6.07) is 0. The Hall–Kier alpha value is -1.56. The predicted octanol–water partition coefficient (Wildman–Crippen LogP) is 1.84. The van der Waals surface area contributed by atoms with Crippen molar-refractivity contribution < 1.29 is 9.90 Å². The van der Waals surface area contributed by atoms with Gasteiger partial charge in [-0.1, -0.05) is 12.2 Å². The van der Waals surface area contributed by atoms with Crippen LogP contribution in [0.15, 0.2) is 23.9 Å². The number of carboxylic acids is 1. The molecular formula is C8H9NO2. The van der Waals surface area contributed by atoms with Gasteiger partial charge in [0.05, 0.1) is 6.57 Å². The number of hydrogen-bond acceptors (Lipinski definition) is 1. The second kappa shape index (κ2) is 5.24. The van der Waals surface area contributed by atoms with Gasteiger partial charge in [-0.05, 0) is 13.3 Å². The van der Waals surface area contributed by atoms with Crippen LogP contribution >= 0.6 is 0 Å². The Morgan fingerprint density at radius 3 is 2.82 bits per heavy atom. The molecule has 0 aromatic rings. The highest BCUT2D eigenvalue weighted by Gasteiger charge is 1.95. The van der Waals surface area contributed by atoms with Crippen LogP contribution in [0.25, 0.3) is 4.85 Å². The third-order valence-electron chi connectivity index (χ3n) is 1.08. The smallest absolute Gasteiger partial charge is 0.330 e. The summed E-state index contributed by atoms with van der Waals surface area (Å²) in [6.45, 7) is 7.90. The van der Waals surface area contributed by atoms with Gasteiger partial charge < -0.3 is 5.11 Å². The van der Waals surface area contributed by atoms with Crippen molar-refractivity contribution in [1.29, 1.82) is 0 Å². The molecule has 0 saturated carbocycles. The van der Waals surface area contributed by atoms with Crippen molar-refractivity contribution >= 4 is 5.97 Å². The van der Waals surface area contributed by atoms with Crippen LogP contribution in [0.2, 0.25) is 0 Å². The molecule has 3 nitrogen and oxygen atoms in total. The van der Waals surface area contributed by atoms with Crippen LogP contribution in [0.3, 0.4) is 0 Å². The molecule has 0 unspecified atom stereocenters. The van der Waals surface area contributed by atoms with Gasteiger partial charge in [-0.15, -0.1) is 0 Å². The van der Waals surface area contributed by atoms with Crippen molar-refractivity contribution in [3.63, 3.8) is 0 Å². The summed E-state index contributed by atoms with van der Waals surface area (Å²) in [6.07, 6.45) is 4.98. The summed E-state index contributed by atoms with van der Waals surface area (Å²) in [5, 5.41) is 8.39. The van der Waals surface area contributed by atoms with Crippen LogP contribution < -0.4 is 0 Å². The highest BCUT2D eigenvalue weighted by atomic mass is 16.4. The van der Waals surface area contributed by atoms with Gasteiger partial charge in [-0.25, -0.2) is 9.64 Å². The zero-order valence-corrected chi connectivity index (χ0v) is 6.24. The molecule has 0 atom stereocenters. The first-order chi connectivity index (χ1) is 5.18. The molecule has 58 valence electrons. The van der Waals surface area contributed by atoms with Gasteiger partial charge in [0.2, 0.25) is 0 Å². The quantitative estimate of drug-likeness (QED) is 0.494. The largest absolute Gasteiger partial charge is 0.478 e. The molecule has 0 spiro atoms. The van der Waals surface area contributed by atoms with E-state index in [0.29, 0.717) is 12.0 Å². The van der Waals surface area contributed by atoms with Crippen LogP contribution in [0.4, 0.5) is 0 Å². The fourth-order valence-electron chi connectivity index (χ4n) is 0.446. The third-order valence-corrected chi connectivity index (χ3v) is 1.08. The molecular weight excluding hydrogens is 142 g/mol. The maximum Gasteiger partial charge on any atom is 0.330 e. The average Bonchev–Trinajstić information content (AvgIpc) is 1.97. The van der Waals surface area contributed by atoms with Crippen molar-refractivity contribution in [3.05, 3.63) is 35.3 Å². The lowest BCUT2D eigenvalue weighted by Crippen LogP contribution is -1.94. The van der Waals surface area contributed by atoms with Crippen LogP contribution in [0, 0.1) is 6.57 Å². The van der Waals surface area contributed by atoms with Crippen molar-refractivity contribution in [2.75, 3.05) is 0 Å². The molecule has 0 fully saturated rings. The van der Waals surface area contributed by atoms with Gasteiger partial charge in [-0.3, -0.25) is 0 Å². The Labute approximate surface area is 65.5 Å². The highest BCUT2D eigenvalue weighted by Crippen LogP contribution is 1.95. The normalized spacial score (nSPS) is 11.5. The van der Waals surface area contributed by atoms with E-state index in [1.165, 1.54) is 13.1 Å². The summed E-state index contributed by atoms with van der Waals surface area (Å²) in [7, 11) is 0. The van der Waals surface area contributed by atoms with Crippen molar-refractivity contribution in [2.45, 2.75) is 13.3 Å². The lowest BCUT2D eigenvalue weighted by molar-refractivity contribution is -0.132. The van der Waals surface area contributed by atoms with Gasteiger partial charge >= 0.3 is 5.97 Å². The van der Waals surface area contributed by atoms with E-state index in [4.69, 9.17) is 11.7 Å². The Balaban J connectivity index is 3.86. The lowest BCUT2D eigenvalue weighted by atomic mass is 10.2. The Morgan fingerprint density at radius 2 is 2.36 bits per heavy atom. The number of carboxylic acid groups (broad SMARTS) is 1. The Bertz CT molecular complexity index is 233. The number of aliphatic carboxylic acids is 1. The van der Waals surface area contributed by atoms with Crippen molar-refractivity contribution in [3.8, 4) is 0 Å². The number of allylic oxidation sites excluding steroid dienone is 2. The number of hydrogen-bond donors (Lipinski definition) is 1.